The number of rotatable bonds is 12. The molecule has 2 heteroatoms. The molecule has 1 rings (SSSR count). The Morgan fingerprint density at radius 2 is 1.18 bits per heavy atom. The van der Waals surface area contributed by atoms with Gasteiger partial charge in [0, 0.05) is 0 Å². The highest BCUT2D eigenvalue weighted by molar-refractivity contribution is 5.42. The molecule has 0 aliphatic carbocycles. The van der Waals surface area contributed by atoms with Crippen LogP contribution in [-0.4, -0.2) is 25.1 Å². The molecule has 0 aliphatic heterocycles. The van der Waals surface area contributed by atoms with Crippen molar-refractivity contribution in [2.45, 2.75) is 72.1 Å². The summed E-state index contributed by atoms with van der Waals surface area (Å²) in [5.41, 5.74) is 1.49. The van der Waals surface area contributed by atoms with Gasteiger partial charge in [0.15, 0.2) is 0 Å². The van der Waals surface area contributed by atoms with E-state index >= 15 is 0 Å². The van der Waals surface area contributed by atoms with Crippen molar-refractivity contribution in [1.29, 1.82) is 0 Å². The molecule has 1 aromatic rings. The predicted molar refractivity (Wildman–Crippen MR) is 98.7 cm³/mol. The van der Waals surface area contributed by atoms with Gasteiger partial charge in [-0.2, -0.15) is 0 Å². The van der Waals surface area contributed by atoms with Crippen LogP contribution in [-0.2, 0) is 0 Å². The fourth-order valence-electron chi connectivity index (χ4n) is 3.33. The van der Waals surface area contributed by atoms with E-state index in [1.807, 2.05) is 0 Å². The van der Waals surface area contributed by atoms with Crippen molar-refractivity contribution in [3.05, 3.63) is 30.3 Å². The summed E-state index contributed by atoms with van der Waals surface area (Å²) >= 11 is 0. The first-order valence-corrected chi connectivity index (χ1v) is 9.20. The number of benzene rings is 1. The quantitative estimate of drug-likeness (QED) is 0.344. The summed E-state index contributed by atoms with van der Waals surface area (Å²) in [6, 6.07) is 11.1. The van der Waals surface area contributed by atoms with Gasteiger partial charge in [-0.25, -0.2) is 0 Å². The van der Waals surface area contributed by atoms with Gasteiger partial charge >= 0.3 is 0 Å². The average Bonchev–Trinajstić information content (AvgIpc) is 2.55. The van der Waals surface area contributed by atoms with Gasteiger partial charge in [0.05, 0.1) is 19.6 Å². The summed E-state index contributed by atoms with van der Waals surface area (Å²) in [6.45, 7) is 10.7. The number of hydrogen-bond donors (Lipinski definition) is 0. The van der Waals surface area contributed by atoms with Gasteiger partial charge in [-0.05, 0) is 38.8 Å². The van der Waals surface area contributed by atoms with Crippen LogP contribution >= 0.6 is 0 Å². The minimum atomic E-state index is 0. The van der Waals surface area contributed by atoms with Gasteiger partial charge < -0.3 is 5.48 Å². The van der Waals surface area contributed by atoms with E-state index < -0.39 is 0 Å². The van der Waals surface area contributed by atoms with Crippen LogP contribution in [0.3, 0.4) is 0 Å². The van der Waals surface area contributed by atoms with Crippen molar-refractivity contribution in [3.8, 4) is 0 Å². The second-order valence-corrected chi connectivity index (χ2v) is 6.31. The Morgan fingerprint density at radius 3 is 1.68 bits per heavy atom. The third-order valence-corrected chi connectivity index (χ3v) is 4.95. The second kappa shape index (κ2) is 12.7. The molecule has 0 heterocycles. The van der Waals surface area contributed by atoms with Crippen LogP contribution in [0.2, 0.25) is 0 Å². The van der Waals surface area contributed by atoms with E-state index in [9.17, 15) is 0 Å². The highest BCUT2D eigenvalue weighted by Gasteiger charge is 2.25. The first-order valence-electron chi connectivity index (χ1n) is 9.20. The van der Waals surface area contributed by atoms with Gasteiger partial charge in [-0.1, -0.05) is 63.6 Å². The summed E-state index contributed by atoms with van der Waals surface area (Å²) in [6.07, 6.45) is 11.3. The maximum Gasteiger partial charge on any atom is 0.132 e. The van der Waals surface area contributed by atoms with E-state index in [-0.39, 0.29) is 5.48 Å². The second-order valence-electron chi connectivity index (χ2n) is 6.31. The van der Waals surface area contributed by atoms with Crippen LogP contribution in [0.4, 0.5) is 5.69 Å². The summed E-state index contributed by atoms with van der Waals surface area (Å²) in [5.74, 6) is 0. The molecule has 0 saturated carbocycles. The van der Waals surface area contributed by atoms with Crippen molar-refractivity contribution in [2.75, 3.05) is 19.6 Å². The lowest BCUT2D eigenvalue weighted by Crippen LogP contribution is -2.49. The third kappa shape index (κ3) is 6.93. The van der Waals surface area contributed by atoms with E-state index in [1.54, 1.807) is 0 Å². The van der Waals surface area contributed by atoms with Crippen LogP contribution in [0.25, 0.3) is 0 Å². The zero-order chi connectivity index (χ0) is 15.4. The molecular weight excluding hydrogens is 270 g/mol. The van der Waals surface area contributed by atoms with E-state index in [0.29, 0.717) is 0 Å². The molecule has 0 spiro atoms. The molecule has 1 aromatic carbocycles. The number of hydrogen-bond acceptors (Lipinski definition) is 1. The Bertz CT molecular complexity index is 346. The molecule has 0 amide bonds. The van der Waals surface area contributed by atoms with Gasteiger partial charge in [0.25, 0.3) is 0 Å². The van der Waals surface area contributed by atoms with Crippen LogP contribution < -0.4 is 4.48 Å². The summed E-state index contributed by atoms with van der Waals surface area (Å²) in [5, 5.41) is 0. The molecule has 0 radical (unpaired) electrons. The van der Waals surface area contributed by atoms with Crippen LogP contribution in [0, 0.1) is 0 Å². The maximum atomic E-state index is 2.33. The maximum absolute atomic E-state index is 2.33. The summed E-state index contributed by atoms with van der Waals surface area (Å²) in [7, 11) is 0. The van der Waals surface area contributed by atoms with Gasteiger partial charge in [0.2, 0.25) is 0 Å². The number of nitrogens with zero attached hydrogens (tertiary/aromatic N) is 1. The van der Waals surface area contributed by atoms with Crippen LogP contribution in [0.15, 0.2) is 30.3 Å². The molecule has 2 nitrogen and oxygen atoms in total. The summed E-state index contributed by atoms with van der Waals surface area (Å²) in [4.78, 5) is 0. The predicted octanol–water partition coefficient (Wildman–Crippen LogP) is 6.00. The van der Waals surface area contributed by atoms with Crippen molar-refractivity contribution < 1.29 is 5.48 Å². The van der Waals surface area contributed by atoms with Crippen LogP contribution in [0.1, 0.15) is 72.1 Å². The van der Waals surface area contributed by atoms with Crippen molar-refractivity contribution in [3.63, 3.8) is 0 Å². The highest BCUT2D eigenvalue weighted by Crippen LogP contribution is 2.23. The number of para-hydroxylation sites is 1. The Hall–Kier alpha value is -0.860. The molecule has 0 atom stereocenters. The first kappa shape index (κ1) is 21.1. The molecule has 0 bridgehead atoms. The molecule has 1 N–H and O–H groups in total. The zero-order valence-corrected chi connectivity index (χ0v) is 15.1. The topological polar surface area (TPSA) is 30.0 Å². The lowest BCUT2D eigenvalue weighted by atomic mass is 10.1. The van der Waals surface area contributed by atoms with E-state index in [1.165, 1.54) is 76.7 Å². The molecule has 22 heavy (non-hydrogen) atoms. The summed E-state index contributed by atoms with van der Waals surface area (Å²) < 4.78 is 1.15. The average molecular weight is 308 g/mol. The Labute approximate surface area is 138 Å². The minimum absolute atomic E-state index is 0. The van der Waals surface area contributed by atoms with Crippen molar-refractivity contribution in [1.82, 2.24) is 4.48 Å². The molecule has 0 fully saturated rings. The molecule has 128 valence electrons. The fourth-order valence-corrected chi connectivity index (χ4v) is 3.33. The standard InChI is InChI=1S/C20H36N.H2O/c1-4-7-8-9-10-11-12-16-19-21(5-2,6-3)20-17-14-13-15-18-20;/h13-15,17-18H,4-12,16,19H2,1-3H3;1H2/q+1;/p-1. The number of quaternary nitrogens is 1. The Balaban J connectivity index is 0.00000441. The van der Waals surface area contributed by atoms with Crippen LogP contribution in [0.5, 0.6) is 0 Å². The van der Waals surface area contributed by atoms with E-state index in [2.05, 4.69) is 51.1 Å². The van der Waals surface area contributed by atoms with Crippen molar-refractivity contribution in [2.24, 2.45) is 0 Å². The molecule has 0 saturated heterocycles. The first-order chi connectivity index (χ1) is 10.3. The van der Waals surface area contributed by atoms with E-state index in [4.69, 9.17) is 0 Å². The van der Waals surface area contributed by atoms with E-state index in [0.717, 1.165) is 4.48 Å². The molecule has 0 unspecified atom stereocenters. The lowest BCUT2D eigenvalue weighted by Gasteiger charge is -2.36. The normalized spacial score (nSPS) is 11.2. The highest BCUT2D eigenvalue weighted by atomic mass is 16.0. The molecule has 0 aliphatic rings. The molecular formula is C20H37NO. The van der Waals surface area contributed by atoms with Gasteiger partial charge in [-0.3, -0.25) is 4.48 Å². The van der Waals surface area contributed by atoms with Gasteiger partial charge in [0.1, 0.15) is 5.69 Å². The third-order valence-electron chi connectivity index (χ3n) is 4.95. The Morgan fingerprint density at radius 1 is 0.682 bits per heavy atom. The smallest absolute Gasteiger partial charge is 0.132 e. The van der Waals surface area contributed by atoms with Crippen molar-refractivity contribution >= 4 is 5.69 Å². The number of unbranched alkanes of at least 4 members (excludes halogenated alkanes) is 7. The largest absolute Gasteiger partial charge is 0.870 e. The zero-order valence-electron chi connectivity index (χ0n) is 15.1. The molecule has 0 aromatic heterocycles. The monoisotopic (exact) mass is 307 g/mol. The SMILES string of the molecule is CCCCCCCCCC[N+](CC)(CC)c1ccccc1.[OH-]. The Kier molecular flexibility index (Phi) is 12.2. The lowest BCUT2D eigenvalue weighted by molar-refractivity contribution is 0.291. The van der Waals surface area contributed by atoms with Gasteiger partial charge in [-0.15, -0.1) is 0 Å². The minimum Gasteiger partial charge on any atom is -0.870 e. The fraction of sp³-hybridized carbons (Fsp3) is 0.700.